The molecule has 0 aliphatic heterocycles. The quantitative estimate of drug-likeness (QED) is 0.190. The van der Waals surface area contributed by atoms with Crippen molar-refractivity contribution in [2.24, 2.45) is 0 Å². The van der Waals surface area contributed by atoms with E-state index in [1.165, 1.54) is 9.39 Å². The summed E-state index contributed by atoms with van der Waals surface area (Å²) in [4.78, 5) is 8.77. The summed E-state index contributed by atoms with van der Waals surface area (Å²) in [6.07, 6.45) is 0. The van der Waals surface area contributed by atoms with Crippen molar-refractivity contribution in [1.29, 1.82) is 0 Å². The molecule has 5 heteroatoms. The van der Waals surface area contributed by atoms with Gasteiger partial charge in [-0.15, -0.1) is 0 Å². The predicted octanol–water partition coefficient (Wildman–Crippen LogP) is -0.328. The molecular weight excluding hydrogens is 117 g/mol. The van der Waals surface area contributed by atoms with Crippen molar-refractivity contribution in [3.8, 4) is 0 Å². The molecule has 0 heterocycles. The molecule has 0 amide bonds. The zero-order valence-electron chi connectivity index (χ0n) is 2.55. The number of nitro groups is 1. The van der Waals surface area contributed by atoms with Crippen LogP contribution in [-0.2, 0) is 0 Å². The summed E-state index contributed by atoms with van der Waals surface area (Å²) in [5.74, 6) is 0. The molecule has 0 saturated heterocycles. The predicted molar refractivity (Wildman–Crippen MR) is 22.5 cm³/mol. The van der Waals surface area contributed by atoms with E-state index in [0.717, 1.165) is 0 Å². The molecule has 3 nitrogen and oxygen atoms in total. The van der Waals surface area contributed by atoms with Gasteiger partial charge in [0.05, 0.1) is 0 Å². The Morgan fingerprint density at radius 3 is 1.80 bits per heavy atom. The molecule has 1 atom stereocenters. The van der Waals surface area contributed by atoms with Gasteiger partial charge in [0.15, 0.2) is 0 Å². The van der Waals surface area contributed by atoms with Crippen LogP contribution in [0, 0.1) is 10.1 Å². The number of rotatable bonds is 0. The zero-order chi connectivity index (χ0) is 3.58. The summed E-state index contributed by atoms with van der Waals surface area (Å²) in [7, 11) is 1.38. The Hall–Kier alpha value is 1.09. The smallest absolute Gasteiger partial charge is 0.223 e. The molecule has 0 rings (SSSR count). The molecule has 0 saturated carbocycles. The van der Waals surface area contributed by atoms with Crippen LogP contribution < -0.4 is 0 Å². The first-order valence-electron chi connectivity index (χ1n) is 0.623. The van der Waals surface area contributed by atoms with E-state index in [-0.39, 0.29) is 37.7 Å². The molecule has 0 aromatic carbocycles. The van der Waals surface area contributed by atoms with Crippen LogP contribution in [0.5, 0.6) is 0 Å². The maximum absolute atomic E-state index is 8.77. The third-order valence-corrected chi connectivity index (χ3v) is 0. The van der Waals surface area contributed by atoms with Crippen molar-refractivity contribution in [3.63, 3.8) is 0 Å². The second-order valence-corrected chi connectivity index (χ2v) is 0.707. The van der Waals surface area contributed by atoms with E-state index in [0.29, 0.717) is 0 Å². The van der Waals surface area contributed by atoms with Gasteiger partial charge < -0.3 is 0 Å². The largest absolute Gasteiger partial charge is 0.264 e. The molecule has 0 aliphatic rings. The third kappa shape index (κ3) is 40.9. The van der Waals surface area contributed by atoms with Gasteiger partial charge in [0, 0.05) is 42.4 Å². The Morgan fingerprint density at radius 2 is 1.80 bits per heavy atom. The van der Waals surface area contributed by atoms with E-state index in [1.807, 2.05) is 0 Å². The molecular formula is H2CaNO2P. The summed E-state index contributed by atoms with van der Waals surface area (Å²) in [5.41, 5.74) is 0. The fourth-order valence-electron chi connectivity index (χ4n) is 0. The Morgan fingerprint density at radius 1 is 1.80 bits per heavy atom. The van der Waals surface area contributed by atoms with E-state index in [4.69, 9.17) is 10.1 Å². The van der Waals surface area contributed by atoms with E-state index in [1.54, 1.807) is 0 Å². The van der Waals surface area contributed by atoms with Crippen LogP contribution >= 0.6 is 9.39 Å². The number of hydrogen-bond donors (Lipinski definition) is 0. The van der Waals surface area contributed by atoms with Gasteiger partial charge in [0.2, 0.25) is 9.39 Å². The van der Waals surface area contributed by atoms with Gasteiger partial charge in [-0.05, 0) is 0 Å². The van der Waals surface area contributed by atoms with Crippen LogP contribution in [0.4, 0.5) is 0 Å². The molecule has 5 heavy (non-hydrogen) atoms. The molecule has 0 bridgehead atoms. The van der Waals surface area contributed by atoms with E-state index in [9.17, 15) is 0 Å². The van der Waals surface area contributed by atoms with Gasteiger partial charge in [0.1, 0.15) is 0 Å². The van der Waals surface area contributed by atoms with Gasteiger partial charge in [-0.25, -0.2) is 0 Å². The number of hydrogen-bond acceptors (Lipinski definition) is 2. The first-order chi connectivity index (χ1) is 1.73. The normalized spacial score (nSPS) is 5.00. The van der Waals surface area contributed by atoms with Gasteiger partial charge in [0.25, 0.3) is 0 Å². The molecule has 0 fully saturated rings. The van der Waals surface area contributed by atoms with Crippen LogP contribution in [0.3, 0.4) is 0 Å². The standard InChI is InChI=1S/Ca.H2NO2P/c;2-1(3)4/h;4H2. The maximum Gasteiger partial charge on any atom is 0.223 e. The summed E-state index contributed by atoms with van der Waals surface area (Å²) >= 11 is 0. The van der Waals surface area contributed by atoms with Crippen LogP contribution in [0.2, 0.25) is 0 Å². The number of nitrogens with zero attached hydrogens (tertiary/aromatic N) is 1. The van der Waals surface area contributed by atoms with Gasteiger partial charge in [-0.3, -0.25) is 10.1 Å². The fourth-order valence-corrected chi connectivity index (χ4v) is 0. The molecule has 0 aromatic rings. The summed E-state index contributed by atoms with van der Waals surface area (Å²) in [5, 5.41) is 8.77. The van der Waals surface area contributed by atoms with E-state index in [2.05, 4.69) is 0 Å². The monoisotopic (exact) mass is 119 g/mol. The van der Waals surface area contributed by atoms with Crippen LogP contribution in [-0.4, -0.2) is 42.4 Å². The molecule has 0 spiro atoms. The third-order valence-electron chi connectivity index (χ3n) is 0. The first kappa shape index (κ1) is 9.43. The Balaban J connectivity index is 0. The van der Waals surface area contributed by atoms with Crippen LogP contribution in [0.1, 0.15) is 0 Å². The van der Waals surface area contributed by atoms with Crippen molar-refractivity contribution >= 4 is 47.1 Å². The van der Waals surface area contributed by atoms with E-state index >= 15 is 0 Å². The zero-order valence-corrected chi connectivity index (χ0v) is 5.91. The minimum Gasteiger partial charge on any atom is -0.264 e. The molecule has 26 valence electrons. The second-order valence-electron chi connectivity index (χ2n) is 0.285. The van der Waals surface area contributed by atoms with Crippen molar-refractivity contribution in [2.75, 3.05) is 0 Å². The fraction of sp³-hybridized carbons (Fsp3) is 0. The topological polar surface area (TPSA) is 43.1 Å². The summed E-state index contributed by atoms with van der Waals surface area (Å²) in [6.45, 7) is 0. The maximum atomic E-state index is 8.77. The molecule has 0 N–H and O–H groups in total. The minimum absolute atomic E-state index is 0. The van der Waals surface area contributed by atoms with Crippen molar-refractivity contribution in [2.45, 2.75) is 0 Å². The SMILES string of the molecule is O=[N+]([O-])P.[Ca]. The van der Waals surface area contributed by atoms with Gasteiger partial charge >= 0.3 is 0 Å². The van der Waals surface area contributed by atoms with Gasteiger partial charge in [-0.2, -0.15) is 0 Å². The van der Waals surface area contributed by atoms with Crippen molar-refractivity contribution in [3.05, 3.63) is 10.1 Å². The minimum atomic E-state index is -0.583. The Bertz CT molecular complexity index is 32.6. The first-order valence-corrected chi connectivity index (χ1v) is 1.14. The molecule has 2 radical (unpaired) electrons. The van der Waals surface area contributed by atoms with Gasteiger partial charge in [-0.1, -0.05) is 0 Å². The summed E-state index contributed by atoms with van der Waals surface area (Å²) in [6, 6.07) is 0. The Labute approximate surface area is 61.5 Å². The molecule has 1 unspecified atom stereocenters. The van der Waals surface area contributed by atoms with E-state index < -0.39 is 4.69 Å². The summed E-state index contributed by atoms with van der Waals surface area (Å²) < 4.78 is -0.583. The average molecular weight is 119 g/mol. The Kier molecular flexibility index (Phi) is 9.60. The molecule has 0 aromatic heterocycles. The van der Waals surface area contributed by atoms with Crippen molar-refractivity contribution < 1.29 is 4.69 Å². The van der Waals surface area contributed by atoms with Crippen LogP contribution in [0.15, 0.2) is 0 Å². The van der Waals surface area contributed by atoms with Crippen LogP contribution in [0.25, 0.3) is 0 Å². The average Bonchev–Trinajstić information content (AvgIpc) is 0.811. The van der Waals surface area contributed by atoms with Crippen molar-refractivity contribution in [1.82, 2.24) is 0 Å². The second kappa shape index (κ2) is 5.09. The molecule has 0 aliphatic carbocycles.